The summed E-state index contributed by atoms with van der Waals surface area (Å²) in [5, 5.41) is 0. The molecule has 0 aliphatic heterocycles. The van der Waals surface area contributed by atoms with E-state index in [1.54, 1.807) is 0 Å². The first-order chi connectivity index (χ1) is 5.18. The van der Waals surface area contributed by atoms with Gasteiger partial charge in [0.15, 0.2) is 0 Å². The van der Waals surface area contributed by atoms with Crippen LogP contribution in [0.15, 0.2) is 0 Å². The molecule has 0 saturated heterocycles. The highest BCUT2D eigenvalue weighted by atomic mass is 31.1. The second-order valence-electron chi connectivity index (χ2n) is 3.09. The summed E-state index contributed by atoms with van der Waals surface area (Å²) in [7, 11) is -0.623. The van der Waals surface area contributed by atoms with E-state index in [0.29, 0.717) is 0 Å². The summed E-state index contributed by atoms with van der Waals surface area (Å²) in [5.41, 5.74) is -0.157. The molecule has 0 spiro atoms. The van der Waals surface area contributed by atoms with E-state index >= 15 is 0 Å². The quantitative estimate of drug-likeness (QED) is 0.582. The Kier molecular flexibility index (Phi) is 5.71. The van der Waals surface area contributed by atoms with E-state index < -0.39 is 8.69 Å². The third-order valence-electron chi connectivity index (χ3n) is 2.10. The van der Waals surface area contributed by atoms with Gasteiger partial charge in [0.05, 0.1) is 0 Å². The van der Waals surface area contributed by atoms with Crippen molar-refractivity contribution in [1.82, 2.24) is 0 Å². The SMILES string of the molecule is CCCCC(C)(CC)O[PH+]=O. The van der Waals surface area contributed by atoms with Gasteiger partial charge in [-0.25, -0.2) is 0 Å². The fourth-order valence-electron chi connectivity index (χ4n) is 0.951. The number of unbranched alkanes of at least 4 members (excludes halogenated alkanes) is 1. The molecule has 0 heterocycles. The van der Waals surface area contributed by atoms with Crippen LogP contribution in [0, 0.1) is 0 Å². The molecule has 0 N–H and O–H groups in total. The van der Waals surface area contributed by atoms with Gasteiger partial charge in [-0.3, -0.25) is 0 Å². The van der Waals surface area contributed by atoms with Crippen molar-refractivity contribution in [2.75, 3.05) is 0 Å². The van der Waals surface area contributed by atoms with Crippen LogP contribution < -0.4 is 0 Å². The van der Waals surface area contributed by atoms with Gasteiger partial charge in [-0.2, -0.15) is 0 Å². The van der Waals surface area contributed by atoms with Crippen molar-refractivity contribution < 1.29 is 9.09 Å². The van der Waals surface area contributed by atoms with Gasteiger partial charge in [0, 0.05) is 0 Å². The molecular formula is C8H18O2P+. The molecule has 0 aliphatic carbocycles. The van der Waals surface area contributed by atoms with Gasteiger partial charge in [-0.15, -0.1) is 4.52 Å². The summed E-state index contributed by atoms with van der Waals surface area (Å²) in [6.45, 7) is 6.24. The Morgan fingerprint density at radius 1 is 1.45 bits per heavy atom. The molecule has 11 heavy (non-hydrogen) atoms. The van der Waals surface area contributed by atoms with Crippen molar-refractivity contribution in [3.63, 3.8) is 0 Å². The van der Waals surface area contributed by atoms with Gasteiger partial charge in [0.25, 0.3) is 0 Å². The van der Waals surface area contributed by atoms with Gasteiger partial charge in [0.2, 0.25) is 0 Å². The van der Waals surface area contributed by atoms with Crippen molar-refractivity contribution >= 4 is 8.69 Å². The minimum absolute atomic E-state index is 0.157. The third-order valence-corrected chi connectivity index (χ3v) is 2.67. The lowest BCUT2D eigenvalue weighted by Crippen LogP contribution is -2.23. The van der Waals surface area contributed by atoms with Crippen LogP contribution in [0.4, 0.5) is 0 Å². The summed E-state index contributed by atoms with van der Waals surface area (Å²) in [4.78, 5) is 0. The van der Waals surface area contributed by atoms with Crippen LogP contribution >= 0.6 is 8.69 Å². The molecule has 0 rings (SSSR count). The number of rotatable bonds is 6. The highest BCUT2D eigenvalue weighted by Gasteiger charge is 2.26. The van der Waals surface area contributed by atoms with Crippen LogP contribution in [-0.4, -0.2) is 5.60 Å². The summed E-state index contributed by atoms with van der Waals surface area (Å²) >= 11 is 0. The Balaban J connectivity index is 3.77. The fourth-order valence-corrected chi connectivity index (χ4v) is 1.40. The molecule has 0 aromatic heterocycles. The van der Waals surface area contributed by atoms with E-state index in [1.165, 1.54) is 6.42 Å². The minimum atomic E-state index is -0.623. The second-order valence-corrected chi connectivity index (χ2v) is 3.46. The number of hydrogen-bond acceptors (Lipinski definition) is 2. The van der Waals surface area contributed by atoms with E-state index in [4.69, 9.17) is 4.52 Å². The third kappa shape index (κ3) is 4.49. The van der Waals surface area contributed by atoms with Crippen LogP contribution in [0.1, 0.15) is 46.5 Å². The highest BCUT2D eigenvalue weighted by Crippen LogP contribution is 2.26. The average molecular weight is 177 g/mol. The van der Waals surface area contributed by atoms with E-state index in [2.05, 4.69) is 13.8 Å². The smallest absolute Gasteiger partial charge is 0.142 e. The van der Waals surface area contributed by atoms with Crippen LogP contribution in [0.25, 0.3) is 0 Å². The van der Waals surface area contributed by atoms with Gasteiger partial charge in [-0.05, 0) is 24.3 Å². The fraction of sp³-hybridized carbons (Fsp3) is 1.00. The lowest BCUT2D eigenvalue weighted by atomic mass is 9.97. The van der Waals surface area contributed by atoms with Crippen LogP contribution in [-0.2, 0) is 9.09 Å². The van der Waals surface area contributed by atoms with Gasteiger partial charge >= 0.3 is 8.69 Å². The van der Waals surface area contributed by atoms with Crippen molar-refractivity contribution in [3.05, 3.63) is 0 Å². The second kappa shape index (κ2) is 5.68. The Bertz CT molecular complexity index is 117. The topological polar surface area (TPSA) is 26.3 Å². The predicted octanol–water partition coefficient (Wildman–Crippen LogP) is 3.30. The molecule has 0 aromatic carbocycles. The average Bonchev–Trinajstić information content (AvgIpc) is 2.02. The van der Waals surface area contributed by atoms with Crippen LogP contribution in [0.2, 0.25) is 0 Å². The normalized spacial score (nSPS) is 16.6. The summed E-state index contributed by atoms with van der Waals surface area (Å²) in [5.74, 6) is 0. The molecule has 0 aliphatic rings. The molecule has 0 saturated carbocycles. The van der Waals surface area contributed by atoms with E-state index in [9.17, 15) is 4.57 Å². The molecule has 2 atom stereocenters. The number of hydrogen-bond donors (Lipinski definition) is 0. The Morgan fingerprint density at radius 3 is 2.45 bits per heavy atom. The Labute approximate surface area is 70.6 Å². The largest absolute Gasteiger partial charge is 0.494 e. The predicted molar refractivity (Wildman–Crippen MR) is 48.3 cm³/mol. The zero-order valence-electron chi connectivity index (χ0n) is 7.64. The Hall–Kier alpha value is 0.0600. The van der Waals surface area contributed by atoms with Gasteiger partial charge in [-0.1, -0.05) is 26.7 Å². The van der Waals surface area contributed by atoms with Gasteiger partial charge < -0.3 is 0 Å². The lowest BCUT2D eigenvalue weighted by molar-refractivity contribution is 0.0883. The molecule has 0 aromatic rings. The monoisotopic (exact) mass is 177 g/mol. The molecular weight excluding hydrogens is 159 g/mol. The standard InChI is InChI=1S/C8H18O2P/c1-4-6-7-8(3,5-2)10-11-9/h11H,4-7H2,1-3H3/q+1. The minimum Gasteiger partial charge on any atom is -0.142 e. The van der Waals surface area contributed by atoms with E-state index in [-0.39, 0.29) is 5.60 Å². The van der Waals surface area contributed by atoms with Crippen LogP contribution in [0.3, 0.4) is 0 Å². The van der Waals surface area contributed by atoms with Crippen molar-refractivity contribution in [3.8, 4) is 0 Å². The zero-order valence-corrected chi connectivity index (χ0v) is 8.64. The van der Waals surface area contributed by atoms with Crippen molar-refractivity contribution in [2.45, 2.75) is 52.1 Å². The zero-order chi connectivity index (χ0) is 8.74. The molecule has 0 amide bonds. The first kappa shape index (κ1) is 11.1. The molecule has 3 heteroatoms. The first-order valence-corrected chi connectivity index (χ1v) is 5.05. The molecule has 2 unspecified atom stereocenters. The van der Waals surface area contributed by atoms with Crippen molar-refractivity contribution in [2.24, 2.45) is 0 Å². The maximum Gasteiger partial charge on any atom is 0.494 e. The van der Waals surface area contributed by atoms with Gasteiger partial charge in [0.1, 0.15) is 5.60 Å². The van der Waals surface area contributed by atoms with E-state index in [0.717, 1.165) is 19.3 Å². The molecule has 66 valence electrons. The molecule has 2 nitrogen and oxygen atoms in total. The molecule has 0 fully saturated rings. The maximum atomic E-state index is 10.3. The van der Waals surface area contributed by atoms with Crippen molar-refractivity contribution in [1.29, 1.82) is 0 Å². The van der Waals surface area contributed by atoms with E-state index in [1.807, 2.05) is 6.92 Å². The molecule has 0 bridgehead atoms. The maximum absolute atomic E-state index is 10.3. The lowest BCUT2D eigenvalue weighted by Gasteiger charge is -2.19. The highest BCUT2D eigenvalue weighted by molar-refractivity contribution is 7.17. The molecule has 0 radical (unpaired) electrons. The Morgan fingerprint density at radius 2 is 2.09 bits per heavy atom. The van der Waals surface area contributed by atoms with Crippen LogP contribution in [0.5, 0.6) is 0 Å². The summed E-state index contributed by atoms with van der Waals surface area (Å²) in [6, 6.07) is 0. The summed E-state index contributed by atoms with van der Waals surface area (Å²) in [6.07, 6.45) is 4.26. The summed E-state index contributed by atoms with van der Waals surface area (Å²) < 4.78 is 15.4. The first-order valence-electron chi connectivity index (χ1n) is 4.23.